The summed E-state index contributed by atoms with van der Waals surface area (Å²) in [4.78, 5) is 14.0. The van der Waals surface area contributed by atoms with Crippen LogP contribution in [-0.4, -0.2) is 34.1 Å². The Hall–Kier alpha value is -2.89. The number of nitrogens with zero attached hydrogens (tertiary/aromatic N) is 4. The first kappa shape index (κ1) is 17.0. The van der Waals surface area contributed by atoms with Gasteiger partial charge >= 0.3 is 12.1 Å². The molecule has 6 nitrogen and oxygen atoms in total. The van der Waals surface area contributed by atoms with Crippen LogP contribution < -0.4 is 0 Å². The molecule has 130 valence electrons. The Bertz CT molecular complexity index is 800. The molecular formula is C16H13F3N4O2. The van der Waals surface area contributed by atoms with Gasteiger partial charge in [0.15, 0.2) is 0 Å². The number of carbonyl (C=O) groups excluding carboxylic acids is 1. The number of nitriles is 1. The number of alkyl halides is 3. The number of rotatable bonds is 2. The summed E-state index contributed by atoms with van der Waals surface area (Å²) in [6.45, 7) is 0.764. The van der Waals surface area contributed by atoms with E-state index in [-0.39, 0.29) is 17.7 Å². The first-order valence-electron chi connectivity index (χ1n) is 7.58. The SMILES string of the molecule is N#Cc1ccc(C(=O)N2CCC(c3nnc(C(F)(F)F)o3)CC2)cc1. The van der Waals surface area contributed by atoms with Gasteiger partial charge in [-0.2, -0.15) is 18.4 Å². The first-order valence-corrected chi connectivity index (χ1v) is 7.58. The van der Waals surface area contributed by atoms with E-state index in [9.17, 15) is 18.0 Å². The van der Waals surface area contributed by atoms with Crippen LogP contribution in [0.15, 0.2) is 28.7 Å². The second-order valence-corrected chi connectivity index (χ2v) is 5.70. The van der Waals surface area contributed by atoms with Crippen molar-refractivity contribution in [3.63, 3.8) is 0 Å². The van der Waals surface area contributed by atoms with Gasteiger partial charge in [-0.3, -0.25) is 4.79 Å². The molecule has 0 atom stereocenters. The van der Waals surface area contributed by atoms with Crippen molar-refractivity contribution < 1.29 is 22.4 Å². The number of benzene rings is 1. The van der Waals surface area contributed by atoms with Crippen LogP contribution in [0.2, 0.25) is 0 Å². The van der Waals surface area contributed by atoms with E-state index in [2.05, 4.69) is 10.2 Å². The molecule has 2 aromatic rings. The highest BCUT2D eigenvalue weighted by molar-refractivity contribution is 5.94. The van der Waals surface area contributed by atoms with Gasteiger partial charge in [0.1, 0.15) is 0 Å². The Morgan fingerprint density at radius 1 is 1.20 bits per heavy atom. The Morgan fingerprint density at radius 2 is 1.84 bits per heavy atom. The molecule has 1 aliphatic heterocycles. The predicted molar refractivity (Wildman–Crippen MR) is 78.3 cm³/mol. The molecule has 1 saturated heterocycles. The van der Waals surface area contributed by atoms with Crippen LogP contribution in [0.4, 0.5) is 13.2 Å². The van der Waals surface area contributed by atoms with Gasteiger partial charge in [-0.15, -0.1) is 10.2 Å². The molecule has 0 spiro atoms. The summed E-state index contributed by atoms with van der Waals surface area (Å²) in [5, 5.41) is 15.3. The molecule has 25 heavy (non-hydrogen) atoms. The van der Waals surface area contributed by atoms with E-state index < -0.39 is 12.1 Å². The molecule has 0 unspecified atom stereocenters. The van der Waals surface area contributed by atoms with E-state index in [1.54, 1.807) is 29.2 Å². The zero-order chi connectivity index (χ0) is 18.0. The highest BCUT2D eigenvalue weighted by Crippen LogP contribution is 2.32. The summed E-state index contributed by atoms with van der Waals surface area (Å²) in [5.74, 6) is -1.87. The molecule has 0 saturated carbocycles. The quantitative estimate of drug-likeness (QED) is 0.831. The van der Waals surface area contributed by atoms with Crippen molar-refractivity contribution in [2.24, 2.45) is 0 Å². The Balaban J connectivity index is 1.62. The Labute approximate surface area is 140 Å². The fourth-order valence-corrected chi connectivity index (χ4v) is 2.71. The average molecular weight is 350 g/mol. The minimum atomic E-state index is -4.66. The van der Waals surface area contributed by atoms with Gasteiger partial charge in [0.2, 0.25) is 5.89 Å². The van der Waals surface area contributed by atoms with Crippen molar-refractivity contribution in [3.8, 4) is 6.07 Å². The first-order chi connectivity index (χ1) is 11.9. The Morgan fingerprint density at radius 3 is 2.36 bits per heavy atom. The van der Waals surface area contributed by atoms with Crippen LogP contribution in [0.25, 0.3) is 0 Å². The molecule has 0 radical (unpaired) electrons. The normalized spacial score (nSPS) is 15.8. The average Bonchev–Trinajstić information content (AvgIpc) is 3.12. The standard InChI is InChI=1S/C16H13F3N4O2/c17-16(18,19)15-22-21-13(25-15)11-5-7-23(8-6-11)14(24)12-3-1-10(9-20)2-4-12/h1-4,11H,5-8H2. The Kier molecular flexibility index (Phi) is 4.44. The van der Waals surface area contributed by atoms with Gasteiger partial charge in [0.05, 0.1) is 11.6 Å². The molecule has 1 aromatic carbocycles. The van der Waals surface area contributed by atoms with Gasteiger partial charge in [0, 0.05) is 24.6 Å². The van der Waals surface area contributed by atoms with Crippen molar-refractivity contribution in [3.05, 3.63) is 47.2 Å². The molecule has 1 fully saturated rings. The topological polar surface area (TPSA) is 83.0 Å². The molecule has 1 amide bonds. The number of hydrogen-bond donors (Lipinski definition) is 0. The monoisotopic (exact) mass is 350 g/mol. The molecule has 0 bridgehead atoms. The lowest BCUT2D eigenvalue weighted by Gasteiger charge is -2.30. The summed E-state index contributed by atoms with van der Waals surface area (Å²) < 4.78 is 42.2. The smallest absolute Gasteiger partial charge is 0.417 e. The van der Waals surface area contributed by atoms with E-state index >= 15 is 0 Å². The molecule has 1 aromatic heterocycles. The lowest BCUT2D eigenvalue weighted by Crippen LogP contribution is -2.38. The molecular weight excluding hydrogens is 337 g/mol. The second kappa shape index (κ2) is 6.55. The fraction of sp³-hybridized carbons (Fsp3) is 0.375. The highest BCUT2D eigenvalue weighted by Gasteiger charge is 2.39. The summed E-state index contributed by atoms with van der Waals surface area (Å²) >= 11 is 0. The number of likely N-dealkylation sites (tertiary alicyclic amines) is 1. The van der Waals surface area contributed by atoms with Crippen molar-refractivity contribution in [1.82, 2.24) is 15.1 Å². The van der Waals surface area contributed by atoms with Crippen molar-refractivity contribution >= 4 is 5.91 Å². The zero-order valence-corrected chi connectivity index (χ0v) is 13.0. The third-order valence-corrected chi connectivity index (χ3v) is 4.08. The summed E-state index contributed by atoms with van der Waals surface area (Å²) in [5.41, 5.74) is 0.932. The van der Waals surface area contributed by atoms with Gasteiger partial charge in [0.25, 0.3) is 5.91 Å². The predicted octanol–water partition coefficient (Wildman–Crippen LogP) is 2.98. The summed E-state index contributed by atoms with van der Waals surface area (Å²) in [7, 11) is 0. The lowest BCUT2D eigenvalue weighted by atomic mass is 9.96. The van der Waals surface area contributed by atoms with Crippen molar-refractivity contribution in [1.29, 1.82) is 5.26 Å². The number of amides is 1. The summed E-state index contributed by atoms with van der Waals surface area (Å²) in [6.07, 6.45) is -3.76. The maximum atomic E-state index is 12.5. The number of carbonyl (C=O) groups is 1. The fourth-order valence-electron chi connectivity index (χ4n) is 2.71. The number of halogens is 3. The van der Waals surface area contributed by atoms with Crippen LogP contribution in [-0.2, 0) is 6.18 Å². The second-order valence-electron chi connectivity index (χ2n) is 5.70. The maximum absolute atomic E-state index is 12.5. The van der Waals surface area contributed by atoms with E-state index in [1.807, 2.05) is 6.07 Å². The molecule has 9 heteroatoms. The van der Waals surface area contributed by atoms with E-state index in [4.69, 9.17) is 9.68 Å². The number of aromatic nitrogens is 2. The van der Waals surface area contributed by atoms with Gasteiger partial charge in [-0.25, -0.2) is 0 Å². The number of piperidine rings is 1. The molecule has 3 rings (SSSR count). The van der Waals surface area contributed by atoms with E-state index in [0.29, 0.717) is 37.1 Å². The zero-order valence-electron chi connectivity index (χ0n) is 13.0. The van der Waals surface area contributed by atoms with E-state index in [1.165, 1.54) is 0 Å². The minimum absolute atomic E-state index is 0.0437. The molecule has 0 N–H and O–H groups in total. The molecule has 0 aliphatic carbocycles. The van der Waals surface area contributed by atoms with E-state index in [0.717, 1.165) is 0 Å². The lowest BCUT2D eigenvalue weighted by molar-refractivity contribution is -0.157. The van der Waals surface area contributed by atoms with Gasteiger partial charge in [-0.05, 0) is 37.1 Å². The summed E-state index contributed by atoms with van der Waals surface area (Å²) in [6, 6.07) is 8.28. The highest BCUT2D eigenvalue weighted by atomic mass is 19.4. The largest absolute Gasteiger partial charge is 0.470 e. The van der Waals surface area contributed by atoms with Crippen LogP contribution >= 0.6 is 0 Å². The van der Waals surface area contributed by atoms with Crippen LogP contribution in [0, 0.1) is 11.3 Å². The van der Waals surface area contributed by atoms with Crippen molar-refractivity contribution in [2.45, 2.75) is 24.9 Å². The number of hydrogen-bond acceptors (Lipinski definition) is 5. The van der Waals surface area contributed by atoms with Crippen LogP contribution in [0.1, 0.15) is 46.5 Å². The molecule has 2 heterocycles. The third-order valence-electron chi connectivity index (χ3n) is 4.08. The molecule has 1 aliphatic rings. The minimum Gasteiger partial charge on any atom is -0.417 e. The third kappa shape index (κ3) is 3.63. The maximum Gasteiger partial charge on any atom is 0.470 e. The van der Waals surface area contributed by atoms with Crippen LogP contribution in [0.3, 0.4) is 0 Å². The van der Waals surface area contributed by atoms with Gasteiger partial charge < -0.3 is 9.32 Å². The van der Waals surface area contributed by atoms with Crippen LogP contribution in [0.5, 0.6) is 0 Å². The van der Waals surface area contributed by atoms with Crippen molar-refractivity contribution in [2.75, 3.05) is 13.1 Å². The van der Waals surface area contributed by atoms with Gasteiger partial charge in [-0.1, -0.05) is 0 Å².